The monoisotopic (exact) mass is 420 g/mol. The van der Waals surface area contributed by atoms with Gasteiger partial charge in [-0.1, -0.05) is 80.9 Å². The van der Waals surface area contributed by atoms with Crippen molar-refractivity contribution in [2.75, 3.05) is 0 Å². The fourth-order valence-corrected chi connectivity index (χ4v) is 4.72. The molecular formula is C27H32O4. The average Bonchev–Trinajstić information content (AvgIpc) is 2.80. The molecule has 0 saturated carbocycles. The van der Waals surface area contributed by atoms with E-state index in [1.165, 1.54) is 0 Å². The molecule has 2 N–H and O–H groups in total. The number of rotatable bonds is 7. The number of benzene rings is 3. The second kappa shape index (κ2) is 9.92. The van der Waals surface area contributed by atoms with Crippen molar-refractivity contribution in [1.29, 1.82) is 0 Å². The molecular weight excluding hydrogens is 388 g/mol. The minimum absolute atomic E-state index is 0.0234. The molecule has 1 saturated heterocycles. The Morgan fingerprint density at radius 3 is 2.48 bits per heavy atom. The summed E-state index contributed by atoms with van der Waals surface area (Å²) in [7, 11) is 0. The molecule has 4 heteroatoms. The van der Waals surface area contributed by atoms with Gasteiger partial charge in [-0.25, -0.2) is 0 Å². The molecule has 0 bridgehead atoms. The van der Waals surface area contributed by atoms with Crippen LogP contribution in [0.25, 0.3) is 10.8 Å². The van der Waals surface area contributed by atoms with Crippen LogP contribution in [0, 0.1) is 5.92 Å². The predicted octanol–water partition coefficient (Wildman–Crippen LogP) is 5.15. The Kier molecular flexibility index (Phi) is 7.03. The number of fused-ring (bicyclic) bond motifs is 1. The maximum absolute atomic E-state index is 11.1. The largest absolute Gasteiger partial charge is 0.392 e. The van der Waals surface area contributed by atoms with Crippen molar-refractivity contribution in [3.05, 3.63) is 83.4 Å². The Balaban J connectivity index is 1.65. The van der Waals surface area contributed by atoms with Gasteiger partial charge in [-0.05, 0) is 39.9 Å². The van der Waals surface area contributed by atoms with Crippen molar-refractivity contribution < 1.29 is 19.7 Å². The first kappa shape index (κ1) is 22.0. The van der Waals surface area contributed by atoms with Crippen LogP contribution in [-0.4, -0.2) is 28.5 Å². The van der Waals surface area contributed by atoms with Crippen LogP contribution in [0.2, 0.25) is 0 Å². The lowest BCUT2D eigenvalue weighted by Crippen LogP contribution is -2.51. The third-order valence-corrected chi connectivity index (χ3v) is 6.36. The van der Waals surface area contributed by atoms with E-state index in [9.17, 15) is 10.2 Å². The molecule has 5 atom stereocenters. The molecule has 4 nitrogen and oxygen atoms in total. The van der Waals surface area contributed by atoms with Crippen LogP contribution in [0.5, 0.6) is 0 Å². The molecule has 1 heterocycles. The lowest BCUT2D eigenvalue weighted by Gasteiger charge is -2.44. The topological polar surface area (TPSA) is 58.9 Å². The van der Waals surface area contributed by atoms with Gasteiger partial charge in [-0.3, -0.25) is 0 Å². The summed E-state index contributed by atoms with van der Waals surface area (Å²) in [6.07, 6.45) is 0.197. The smallest absolute Gasteiger partial charge is 0.107 e. The van der Waals surface area contributed by atoms with Gasteiger partial charge in [-0.2, -0.15) is 0 Å². The summed E-state index contributed by atoms with van der Waals surface area (Å²) in [4.78, 5) is 0. The van der Waals surface area contributed by atoms with Crippen molar-refractivity contribution in [2.24, 2.45) is 5.92 Å². The van der Waals surface area contributed by atoms with Gasteiger partial charge in [0.2, 0.25) is 0 Å². The Hall–Kier alpha value is -2.24. The first-order chi connectivity index (χ1) is 15.1. The van der Waals surface area contributed by atoms with Gasteiger partial charge < -0.3 is 19.7 Å². The maximum Gasteiger partial charge on any atom is 0.107 e. The summed E-state index contributed by atoms with van der Waals surface area (Å²) in [6.45, 7) is 4.62. The second-order valence-corrected chi connectivity index (χ2v) is 8.55. The van der Waals surface area contributed by atoms with Gasteiger partial charge in [0.1, 0.15) is 6.10 Å². The fraction of sp³-hybridized carbons (Fsp3) is 0.407. The first-order valence-electron chi connectivity index (χ1n) is 11.2. The highest BCUT2D eigenvalue weighted by molar-refractivity contribution is 5.86. The van der Waals surface area contributed by atoms with Gasteiger partial charge in [0.15, 0.2) is 0 Å². The highest BCUT2D eigenvalue weighted by Crippen LogP contribution is 2.41. The van der Waals surface area contributed by atoms with Crippen molar-refractivity contribution in [2.45, 2.75) is 64.3 Å². The lowest BCUT2D eigenvalue weighted by atomic mass is 9.82. The molecule has 3 aromatic carbocycles. The van der Waals surface area contributed by atoms with Crippen LogP contribution in [-0.2, 0) is 22.7 Å². The molecule has 0 aromatic heterocycles. The molecule has 5 unspecified atom stereocenters. The highest BCUT2D eigenvalue weighted by atomic mass is 16.5. The summed E-state index contributed by atoms with van der Waals surface area (Å²) in [5.74, 6) is -0.0421. The van der Waals surface area contributed by atoms with E-state index in [0.29, 0.717) is 6.61 Å². The van der Waals surface area contributed by atoms with E-state index >= 15 is 0 Å². The van der Waals surface area contributed by atoms with E-state index in [-0.39, 0.29) is 30.8 Å². The predicted molar refractivity (Wildman–Crippen MR) is 123 cm³/mol. The summed E-state index contributed by atoms with van der Waals surface area (Å²) < 4.78 is 12.7. The zero-order valence-corrected chi connectivity index (χ0v) is 18.3. The molecule has 31 heavy (non-hydrogen) atoms. The van der Waals surface area contributed by atoms with Crippen LogP contribution in [0.1, 0.15) is 49.5 Å². The van der Waals surface area contributed by atoms with Gasteiger partial charge in [0.05, 0.1) is 31.5 Å². The standard InChI is InChI=1S/C27H32O4/c1-3-9-24-25(29)27(30-17-19-10-5-4-6-11-19)18(2)26(31-24)21-14-20-12-7-8-13-23(20)22(15-21)16-28/h4-8,10-15,18,24-29H,3,9,16-17H2,1-2H3. The van der Waals surface area contributed by atoms with E-state index in [1.54, 1.807) is 0 Å². The minimum Gasteiger partial charge on any atom is -0.392 e. The van der Waals surface area contributed by atoms with Crippen molar-refractivity contribution >= 4 is 10.8 Å². The summed E-state index contributed by atoms with van der Waals surface area (Å²) in [6, 6.07) is 22.3. The van der Waals surface area contributed by atoms with Crippen molar-refractivity contribution in [1.82, 2.24) is 0 Å². The van der Waals surface area contributed by atoms with Gasteiger partial charge in [0.25, 0.3) is 0 Å². The number of hydrogen-bond acceptors (Lipinski definition) is 4. The lowest BCUT2D eigenvalue weighted by molar-refractivity contribution is -0.217. The summed E-state index contributed by atoms with van der Waals surface area (Å²) in [5, 5.41) is 23.2. The third kappa shape index (κ3) is 4.68. The Labute approximate surface area is 184 Å². The fourth-order valence-electron chi connectivity index (χ4n) is 4.72. The zero-order chi connectivity index (χ0) is 21.8. The van der Waals surface area contributed by atoms with E-state index in [4.69, 9.17) is 9.47 Å². The molecule has 0 aliphatic carbocycles. The van der Waals surface area contributed by atoms with Gasteiger partial charge in [-0.15, -0.1) is 0 Å². The Bertz CT molecular complexity index is 987. The third-order valence-electron chi connectivity index (χ3n) is 6.36. The average molecular weight is 421 g/mol. The number of ether oxygens (including phenoxy) is 2. The number of hydrogen-bond donors (Lipinski definition) is 2. The van der Waals surface area contributed by atoms with E-state index in [2.05, 4.69) is 26.0 Å². The molecule has 0 spiro atoms. The van der Waals surface area contributed by atoms with Gasteiger partial charge >= 0.3 is 0 Å². The van der Waals surface area contributed by atoms with E-state index < -0.39 is 6.10 Å². The molecule has 4 rings (SSSR count). The van der Waals surface area contributed by atoms with Crippen LogP contribution < -0.4 is 0 Å². The van der Waals surface area contributed by atoms with Crippen LogP contribution in [0.15, 0.2) is 66.7 Å². The summed E-state index contributed by atoms with van der Waals surface area (Å²) >= 11 is 0. The Morgan fingerprint density at radius 1 is 1.00 bits per heavy atom. The molecule has 3 aromatic rings. The summed E-state index contributed by atoms with van der Waals surface area (Å²) in [5.41, 5.74) is 3.01. The molecule has 1 fully saturated rings. The first-order valence-corrected chi connectivity index (χ1v) is 11.2. The van der Waals surface area contributed by atoms with E-state index in [1.807, 2.05) is 54.6 Å². The molecule has 1 aliphatic heterocycles. The van der Waals surface area contributed by atoms with Gasteiger partial charge in [0, 0.05) is 5.92 Å². The van der Waals surface area contributed by atoms with Crippen LogP contribution in [0.4, 0.5) is 0 Å². The zero-order valence-electron chi connectivity index (χ0n) is 18.3. The normalized spacial score (nSPS) is 26.3. The van der Waals surface area contributed by atoms with E-state index in [0.717, 1.165) is 40.3 Å². The number of aliphatic hydroxyl groups is 2. The van der Waals surface area contributed by atoms with Crippen molar-refractivity contribution in [3.63, 3.8) is 0 Å². The van der Waals surface area contributed by atoms with Crippen LogP contribution >= 0.6 is 0 Å². The maximum atomic E-state index is 11.1. The highest BCUT2D eigenvalue weighted by Gasteiger charge is 2.44. The minimum atomic E-state index is -0.673. The number of aliphatic hydroxyl groups excluding tert-OH is 2. The SMILES string of the molecule is CCCC1OC(c2cc(CO)c3ccccc3c2)C(C)C(OCc2ccccc2)C1O. The molecule has 0 amide bonds. The second-order valence-electron chi connectivity index (χ2n) is 8.55. The quantitative estimate of drug-likeness (QED) is 0.555. The Morgan fingerprint density at radius 2 is 1.74 bits per heavy atom. The van der Waals surface area contributed by atoms with Crippen LogP contribution in [0.3, 0.4) is 0 Å². The van der Waals surface area contributed by atoms with Crippen molar-refractivity contribution in [3.8, 4) is 0 Å². The molecule has 1 aliphatic rings. The molecule has 0 radical (unpaired) electrons. The molecule has 164 valence electrons.